The molecule has 1 aliphatic rings. The van der Waals surface area contributed by atoms with Gasteiger partial charge in [0, 0.05) is 5.69 Å². The predicted octanol–water partition coefficient (Wildman–Crippen LogP) is 0.755. The van der Waals surface area contributed by atoms with Crippen molar-refractivity contribution in [3.8, 4) is 17.2 Å². The van der Waals surface area contributed by atoms with Crippen LogP contribution in [0.5, 0.6) is 17.2 Å². The van der Waals surface area contributed by atoms with Gasteiger partial charge in [-0.15, -0.1) is 0 Å². The summed E-state index contributed by atoms with van der Waals surface area (Å²) in [5.74, 6) is 1.81. The van der Waals surface area contributed by atoms with Gasteiger partial charge in [-0.3, -0.25) is 9.59 Å². The third-order valence-electron chi connectivity index (χ3n) is 4.57. The molecule has 29 heavy (non-hydrogen) atoms. The molecular formula is C21H26N3O5+. The highest BCUT2D eigenvalue weighted by Gasteiger charge is 2.19. The number of rotatable bonds is 8. The van der Waals surface area contributed by atoms with Crippen molar-refractivity contribution in [1.29, 1.82) is 0 Å². The number of nitrogens with one attached hydrogen (secondary N) is 3. The van der Waals surface area contributed by atoms with Crippen LogP contribution in [-0.4, -0.2) is 45.9 Å². The van der Waals surface area contributed by atoms with E-state index in [1.807, 2.05) is 25.1 Å². The molecule has 2 atom stereocenters. The van der Waals surface area contributed by atoms with E-state index >= 15 is 0 Å². The van der Waals surface area contributed by atoms with Gasteiger partial charge in [-0.05, 0) is 48.9 Å². The Kier molecular flexibility index (Phi) is 6.56. The molecule has 0 bridgehead atoms. The Morgan fingerprint density at radius 3 is 2.48 bits per heavy atom. The summed E-state index contributed by atoms with van der Waals surface area (Å²) >= 11 is 0. The summed E-state index contributed by atoms with van der Waals surface area (Å²) in [5.41, 5.74) is 1.61. The third-order valence-corrected chi connectivity index (χ3v) is 4.57. The molecule has 0 radical (unpaired) electrons. The Hall–Kier alpha value is -3.26. The number of fused-ring (bicyclic) bond motifs is 1. The molecule has 1 heterocycles. The molecule has 0 saturated carbocycles. The van der Waals surface area contributed by atoms with Crippen molar-refractivity contribution in [3.63, 3.8) is 0 Å². The number of carbonyl (C=O) groups is 2. The number of hydrogen-bond acceptors (Lipinski definition) is 5. The highest BCUT2D eigenvalue weighted by atomic mass is 16.7. The van der Waals surface area contributed by atoms with Crippen LogP contribution < -0.4 is 29.7 Å². The number of quaternary nitrogens is 1. The van der Waals surface area contributed by atoms with Gasteiger partial charge in [0.1, 0.15) is 5.75 Å². The van der Waals surface area contributed by atoms with Gasteiger partial charge < -0.3 is 29.7 Å². The van der Waals surface area contributed by atoms with Crippen molar-refractivity contribution < 1.29 is 28.7 Å². The van der Waals surface area contributed by atoms with Crippen LogP contribution in [-0.2, 0) is 9.59 Å². The normalized spacial score (nSPS) is 14.0. The van der Waals surface area contributed by atoms with Gasteiger partial charge in [0.2, 0.25) is 6.79 Å². The Morgan fingerprint density at radius 2 is 1.76 bits per heavy atom. The van der Waals surface area contributed by atoms with E-state index < -0.39 is 0 Å². The Labute approximate surface area is 169 Å². The molecule has 0 fully saturated rings. The van der Waals surface area contributed by atoms with Crippen LogP contribution in [0.25, 0.3) is 0 Å². The molecule has 1 aliphatic heterocycles. The van der Waals surface area contributed by atoms with Gasteiger partial charge in [0.25, 0.3) is 11.8 Å². The molecule has 2 aromatic rings. The second-order valence-electron chi connectivity index (χ2n) is 6.99. The van der Waals surface area contributed by atoms with Gasteiger partial charge in [-0.1, -0.05) is 6.07 Å². The van der Waals surface area contributed by atoms with Crippen molar-refractivity contribution in [3.05, 3.63) is 48.0 Å². The van der Waals surface area contributed by atoms with Crippen molar-refractivity contribution in [1.82, 2.24) is 5.32 Å². The zero-order chi connectivity index (χ0) is 20.8. The van der Waals surface area contributed by atoms with Crippen LogP contribution in [0.2, 0.25) is 0 Å². The molecule has 2 amide bonds. The molecule has 8 heteroatoms. The van der Waals surface area contributed by atoms with Crippen LogP contribution in [0.15, 0.2) is 42.5 Å². The molecule has 0 spiro atoms. The van der Waals surface area contributed by atoms with Crippen LogP contribution in [0.1, 0.15) is 18.5 Å². The number of hydrogen-bond donors (Lipinski definition) is 3. The average Bonchev–Trinajstić information content (AvgIpc) is 3.15. The number of methoxy groups -OCH3 is 1. The number of carbonyl (C=O) groups excluding carboxylic acids is 2. The minimum atomic E-state index is -0.182. The fourth-order valence-corrected chi connectivity index (χ4v) is 3.05. The van der Waals surface area contributed by atoms with E-state index in [1.165, 1.54) is 0 Å². The largest absolute Gasteiger partial charge is 0.497 e. The van der Waals surface area contributed by atoms with E-state index in [0.29, 0.717) is 17.2 Å². The van der Waals surface area contributed by atoms with Crippen molar-refractivity contribution in [2.45, 2.75) is 13.0 Å². The van der Waals surface area contributed by atoms with E-state index in [4.69, 9.17) is 14.2 Å². The molecule has 0 saturated heterocycles. The lowest BCUT2D eigenvalue weighted by atomic mass is 10.1. The van der Waals surface area contributed by atoms with Crippen LogP contribution in [0.3, 0.4) is 0 Å². The number of benzene rings is 2. The van der Waals surface area contributed by atoms with Gasteiger partial charge in [-0.2, -0.15) is 0 Å². The van der Waals surface area contributed by atoms with E-state index in [0.717, 1.165) is 16.2 Å². The Bertz CT molecular complexity index is 869. The Balaban J connectivity index is 1.45. The zero-order valence-electron chi connectivity index (χ0n) is 16.8. The SMILES string of the molecule is COc1ccc(NC(=O)C[NH+](C)CC(=O)N[C@H](C)c2ccc3c(c2)OCO3)cc1. The van der Waals surface area contributed by atoms with E-state index in [2.05, 4.69) is 10.6 Å². The summed E-state index contributed by atoms with van der Waals surface area (Å²) in [5, 5.41) is 5.77. The van der Waals surface area contributed by atoms with E-state index in [9.17, 15) is 9.59 Å². The van der Waals surface area contributed by atoms with E-state index in [-0.39, 0.29) is 37.7 Å². The summed E-state index contributed by atoms with van der Waals surface area (Å²) in [4.78, 5) is 25.3. The average molecular weight is 400 g/mol. The smallest absolute Gasteiger partial charge is 0.279 e. The van der Waals surface area contributed by atoms with Crippen molar-refractivity contribution >= 4 is 17.5 Å². The van der Waals surface area contributed by atoms with Crippen molar-refractivity contribution in [2.24, 2.45) is 0 Å². The Morgan fingerprint density at radius 1 is 1.07 bits per heavy atom. The maximum absolute atomic E-state index is 12.3. The molecule has 3 rings (SSSR count). The lowest BCUT2D eigenvalue weighted by Gasteiger charge is -2.17. The highest BCUT2D eigenvalue weighted by Crippen LogP contribution is 2.34. The maximum Gasteiger partial charge on any atom is 0.279 e. The predicted molar refractivity (Wildman–Crippen MR) is 107 cm³/mol. The topological polar surface area (TPSA) is 90.3 Å². The summed E-state index contributed by atoms with van der Waals surface area (Å²) in [6.45, 7) is 2.48. The summed E-state index contributed by atoms with van der Waals surface area (Å²) in [7, 11) is 3.39. The number of amides is 2. The first-order valence-electron chi connectivity index (χ1n) is 9.38. The summed E-state index contributed by atoms with van der Waals surface area (Å²) in [6, 6.07) is 12.5. The first-order chi connectivity index (χ1) is 13.9. The van der Waals surface area contributed by atoms with Gasteiger partial charge >= 0.3 is 0 Å². The highest BCUT2D eigenvalue weighted by molar-refractivity contribution is 5.91. The molecule has 1 unspecified atom stereocenters. The van der Waals surface area contributed by atoms with Gasteiger partial charge in [0.15, 0.2) is 24.6 Å². The quantitative estimate of drug-likeness (QED) is 0.609. The third kappa shape index (κ3) is 5.61. The maximum atomic E-state index is 12.3. The van der Waals surface area contributed by atoms with E-state index in [1.54, 1.807) is 38.4 Å². The van der Waals surface area contributed by atoms with Crippen LogP contribution in [0.4, 0.5) is 5.69 Å². The fourth-order valence-electron chi connectivity index (χ4n) is 3.05. The summed E-state index contributed by atoms with van der Waals surface area (Å²) < 4.78 is 15.8. The molecule has 0 aromatic heterocycles. The van der Waals surface area contributed by atoms with Crippen LogP contribution >= 0.6 is 0 Å². The number of ether oxygens (including phenoxy) is 3. The zero-order valence-corrected chi connectivity index (χ0v) is 16.8. The second kappa shape index (κ2) is 9.29. The summed E-state index contributed by atoms with van der Waals surface area (Å²) in [6.07, 6.45) is 0. The first kappa shape index (κ1) is 20.5. The first-order valence-corrected chi connectivity index (χ1v) is 9.38. The lowest BCUT2D eigenvalue weighted by molar-refractivity contribution is -0.862. The minimum absolute atomic E-state index is 0.134. The molecule has 0 aliphatic carbocycles. The minimum Gasteiger partial charge on any atom is -0.497 e. The molecule has 2 aromatic carbocycles. The molecule has 3 N–H and O–H groups in total. The fraction of sp³-hybridized carbons (Fsp3) is 0.333. The second-order valence-corrected chi connectivity index (χ2v) is 6.99. The van der Waals surface area contributed by atoms with Gasteiger partial charge in [-0.25, -0.2) is 0 Å². The molecule has 8 nitrogen and oxygen atoms in total. The number of likely N-dealkylation sites (N-methyl/N-ethyl adjacent to an activating group) is 1. The standard InChI is InChI=1S/C21H25N3O5/c1-14(15-4-9-18-19(10-15)29-13-28-18)22-20(25)11-24(2)12-21(26)23-16-5-7-17(27-3)8-6-16/h4-10,14H,11-13H2,1-3H3,(H,22,25)(H,23,26)/p+1/t14-/m1/s1. The number of anilines is 1. The lowest BCUT2D eigenvalue weighted by Crippen LogP contribution is -3.11. The van der Waals surface area contributed by atoms with Crippen molar-refractivity contribution in [2.75, 3.05) is 39.4 Å². The molecular weight excluding hydrogens is 374 g/mol. The monoisotopic (exact) mass is 400 g/mol. The van der Waals surface area contributed by atoms with Crippen LogP contribution in [0, 0.1) is 0 Å². The molecule has 154 valence electrons. The van der Waals surface area contributed by atoms with Gasteiger partial charge in [0.05, 0.1) is 20.2 Å².